The van der Waals surface area contributed by atoms with Crippen LogP contribution in [0.15, 0.2) is 54.6 Å². The Labute approximate surface area is 183 Å². The first kappa shape index (κ1) is 20.6. The van der Waals surface area contributed by atoms with Crippen LogP contribution in [0.25, 0.3) is 33.6 Å². The molecule has 158 valence electrons. The molecule has 0 amide bonds. The molecule has 0 aliphatic rings. The molecule has 0 atom stereocenters. The molecule has 0 radical (unpaired) electrons. The summed E-state index contributed by atoms with van der Waals surface area (Å²) in [6.07, 6.45) is 0. The lowest BCUT2D eigenvalue weighted by Gasteiger charge is -2.21. The van der Waals surface area contributed by atoms with Gasteiger partial charge in [-0.15, -0.1) is 10.2 Å². The zero-order valence-corrected chi connectivity index (χ0v) is 18.9. The van der Waals surface area contributed by atoms with Crippen molar-refractivity contribution >= 4 is 11.4 Å². The fraction of sp³-hybridized carbons (Fsp3) is 0.240. The van der Waals surface area contributed by atoms with Gasteiger partial charge in [0.2, 0.25) is 5.82 Å². The highest BCUT2D eigenvalue weighted by molar-refractivity contribution is 5.88. The summed E-state index contributed by atoms with van der Waals surface area (Å²) < 4.78 is 0. The Morgan fingerprint density at radius 1 is 0.645 bits per heavy atom. The van der Waals surface area contributed by atoms with Gasteiger partial charge >= 0.3 is 0 Å². The van der Waals surface area contributed by atoms with Gasteiger partial charge in [0, 0.05) is 56.3 Å². The summed E-state index contributed by atoms with van der Waals surface area (Å²) in [4.78, 5) is 4.29. The molecule has 4 rings (SSSR count). The summed E-state index contributed by atoms with van der Waals surface area (Å²) in [5.41, 5.74) is 10.3. The van der Waals surface area contributed by atoms with Crippen molar-refractivity contribution in [3.05, 3.63) is 65.7 Å². The van der Waals surface area contributed by atoms with E-state index in [1.165, 1.54) is 33.6 Å². The van der Waals surface area contributed by atoms with E-state index < -0.39 is 0 Å². The Kier molecular flexibility index (Phi) is 5.46. The number of H-pyrrole nitrogens is 1. The summed E-state index contributed by atoms with van der Waals surface area (Å²) in [7, 11) is 8.29. The predicted molar refractivity (Wildman–Crippen MR) is 129 cm³/mol. The largest absolute Gasteiger partial charge is 0.377 e. The summed E-state index contributed by atoms with van der Waals surface area (Å²) in [6.45, 7) is 4.25. The van der Waals surface area contributed by atoms with Crippen LogP contribution < -0.4 is 9.80 Å². The number of aromatic nitrogens is 4. The van der Waals surface area contributed by atoms with Crippen molar-refractivity contribution in [1.29, 1.82) is 0 Å². The zero-order chi connectivity index (χ0) is 22.1. The lowest BCUT2D eigenvalue weighted by Crippen LogP contribution is -2.10. The van der Waals surface area contributed by atoms with Gasteiger partial charge in [0.05, 0.1) is 0 Å². The minimum Gasteiger partial charge on any atom is -0.377 e. The van der Waals surface area contributed by atoms with Crippen LogP contribution in [0.3, 0.4) is 0 Å². The Morgan fingerprint density at radius 2 is 1.13 bits per heavy atom. The lowest BCUT2D eigenvalue weighted by atomic mass is 9.92. The number of benzene rings is 3. The number of nitrogens with zero attached hydrogens (tertiary/aromatic N) is 5. The third-order valence-electron chi connectivity index (χ3n) is 5.43. The molecule has 1 N–H and O–H groups in total. The first-order valence-electron chi connectivity index (χ1n) is 10.3. The number of anilines is 2. The monoisotopic (exact) mass is 412 g/mol. The van der Waals surface area contributed by atoms with Crippen molar-refractivity contribution in [2.75, 3.05) is 38.0 Å². The molecular formula is C25H28N6. The molecule has 3 aromatic carbocycles. The summed E-state index contributed by atoms with van der Waals surface area (Å²) in [5.74, 6) is 0.584. The molecule has 4 aromatic rings. The van der Waals surface area contributed by atoms with Gasteiger partial charge in [-0.1, -0.05) is 23.3 Å². The summed E-state index contributed by atoms with van der Waals surface area (Å²) in [6, 6.07) is 19.6. The second kappa shape index (κ2) is 8.22. The standard InChI is InChI=1S/C25H28N6/c1-16-7-9-23(30(3)4)21(11-16)18-13-19(15-20(14-18)25-26-28-29-27-25)22-12-17(2)8-10-24(22)31(5)6/h7-15H,1-6H3,(H,26,27,28,29). The van der Waals surface area contributed by atoms with E-state index >= 15 is 0 Å². The van der Waals surface area contributed by atoms with Crippen molar-refractivity contribution in [2.24, 2.45) is 0 Å². The van der Waals surface area contributed by atoms with Gasteiger partial charge in [0.15, 0.2) is 0 Å². The van der Waals surface area contributed by atoms with Crippen LogP contribution >= 0.6 is 0 Å². The molecule has 0 aliphatic heterocycles. The molecule has 0 saturated carbocycles. The van der Waals surface area contributed by atoms with Crippen LogP contribution in [0.5, 0.6) is 0 Å². The Bertz CT molecular complexity index is 1130. The number of tetrazole rings is 1. The van der Waals surface area contributed by atoms with Crippen LogP contribution in [-0.4, -0.2) is 48.8 Å². The quantitative estimate of drug-likeness (QED) is 0.503. The van der Waals surface area contributed by atoms with E-state index in [1.54, 1.807) is 0 Å². The molecule has 1 aromatic heterocycles. The maximum Gasteiger partial charge on any atom is 0.204 e. The molecule has 6 nitrogen and oxygen atoms in total. The highest BCUT2D eigenvalue weighted by Crippen LogP contribution is 2.39. The Hall–Kier alpha value is -3.67. The van der Waals surface area contributed by atoms with Gasteiger partial charge < -0.3 is 9.80 Å². The molecule has 0 aliphatic carbocycles. The van der Waals surface area contributed by atoms with E-state index in [2.05, 4.69) is 127 Å². The maximum absolute atomic E-state index is 4.24. The smallest absolute Gasteiger partial charge is 0.204 e. The number of hydrogen-bond donors (Lipinski definition) is 1. The summed E-state index contributed by atoms with van der Waals surface area (Å²) >= 11 is 0. The van der Waals surface area contributed by atoms with Crippen LogP contribution in [0.4, 0.5) is 11.4 Å². The predicted octanol–water partition coefficient (Wildman–Crippen LogP) is 4.95. The normalized spacial score (nSPS) is 10.9. The van der Waals surface area contributed by atoms with Crippen LogP contribution in [0.2, 0.25) is 0 Å². The van der Waals surface area contributed by atoms with Crippen molar-refractivity contribution in [3.63, 3.8) is 0 Å². The molecular weight excluding hydrogens is 384 g/mol. The van der Waals surface area contributed by atoms with Crippen molar-refractivity contribution < 1.29 is 0 Å². The van der Waals surface area contributed by atoms with Gasteiger partial charge in [-0.3, -0.25) is 0 Å². The first-order valence-corrected chi connectivity index (χ1v) is 10.3. The number of aryl methyl sites for hydroxylation is 2. The second-order valence-corrected chi connectivity index (χ2v) is 8.36. The minimum absolute atomic E-state index is 0.584. The fourth-order valence-electron chi connectivity index (χ4n) is 3.89. The number of rotatable bonds is 5. The Morgan fingerprint density at radius 3 is 1.55 bits per heavy atom. The molecule has 0 unspecified atom stereocenters. The van der Waals surface area contributed by atoms with Crippen LogP contribution in [-0.2, 0) is 0 Å². The van der Waals surface area contributed by atoms with E-state index in [-0.39, 0.29) is 0 Å². The third-order valence-corrected chi connectivity index (χ3v) is 5.43. The van der Waals surface area contributed by atoms with Gasteiger partial charge in [-0.25, -0.2) is 0 Å². The molecule has 1 heterocycles. The molecule has 6 heteroatoms. The van der Waals surface area contributed by atoms with Crippen LogP contribution in [0.1, 0.15) is 11.1 Å². The minimum atomic E-state index is 0.584. The van der Waals surface area contributed by atoms with Gasteiger partial charge in [-0.2, -0.15) is 5.21 Å². The first-order chi connectivity index (χ1) is 14.8. The highest BCUT2D eigenvalue weighted by Gasteiger charge is 2.15. The highest BCUT2D eigenvalue weighted by atomic mass is 15.5. The summed E-state index contributed by atoms with van der Waals surface area (Å²) in [5, 5.41) is 14.8. The molecule has 0 fully saturated rings. The topological polar surface area (TPSA) is 60.9 Å². The number of nitrogens with one attached hydrogen (secondary N) is 1. The van der Waals surface area contributed by atoms with Crippen molar-refractivity contribution in [2.45, 2.75) is 13.8 Å². The molecule has 0 bridgehead atoms. The van der Waals surface area contributed by atoms with Crippen molar-refractivity contribution in [3.8, 4) is 33.6 Å². The van der Waals surface area contributed by atoms with E-state index in [4.69, 9.17) is 0 Å². The average molecular weight is 413 g/mol. The van der Waals surface area contributed by atoms with Crippen LogP contribution in [0, 0.1) is 13.8 Å². The van der Waals surface area contributed by atoms with Gasteiger partial charge in [0.25, 0.3) is 0 Å². The van der Waals surface area contributed by atoms with E-state index in [9.17, 15) is 0 Å². The van der Waals surface area contributed by atoms with Gasteiger partial charge in [-0.05, 0) is 72.7 Å². The average Bonchev–Trinajstić information content (AvgIpc) is 3.28. The molecule has 31 heavy (non-hydrogen) atoms. The number of hydrogen-bond acceptors (Lipinski definition) is 5. The van der Waals surface area contributed by atoms with Gasteiger partial charge in [0.1, 0.15) is 0 Å². The molecule has 0 saturated heterocycles. The lowest BCUT2D eigenvalue weighted by molar-refractivity contribution is 0.881. The SMILES string of the molecule is Cc1ccc(N(C)C)c(-c2cc(-c3nn[nH]n3)cc(-c3cc(C)ccc3N(C)C)c2)c1. The molecule has 0 spiro atoms. The third kappa shape index (κ3) is 4.14. The van der Waals surface area contributed by atoms with Crippen molar-refractivity contribution in [1.82, 2.24) is 20.6 Å². The maximum atomic E-state index is 4.24. The fourth-order valence-corrected chi connectivity index (χ4v) is 3.89. The zero-order valence-electron chi connectivity index (χ0n) is 18.9. The second-order valence-electron chi connectivity index (χ2n) is 8.36. The van der Waals surface area contributed by atoms with E-state index in [0.29, 0.717) is 5.82 Å². The Balaban J connectivity index is 2.01. The van der Waals surface area contributed by atoms with E-state index in [1.807, 2.05) is 0 Å². The van der Waals surface area contributed by atoms with E-state index in [0.717, 1.165) is 16.7 Å². The number of aromatic amines is 1.